The molecule has 1 rings (SSSR count). The zero-order chi connectivity index (χ0) is 15.1. The van der Waals surface area contributed by atoms with Gasteiger partial charge in [-0.05, 0) is 34.6 Å². The Morgan fingerprint density at radius 1 is 1.40 bits per heavy atom. The number of nitrogens with zero attached hydrogens (tertiary/aromatic N) is 4. The molecular formula is C13H24N4O3. The maximum Gasteiger partial charge on any atom is 0.169 e. The monoisotopic (exact) mass is 284 g/mol. The van der Waals surface area contributed by atoms with Gasteiger partial charge in [-0.3, -0.25) is 0 Å². The van der Waals surface area contributed by atoms with Crippen molar-refractivity contribution in [1.82, 2.24) is 15.0 Å². The molecule has 7 heteroatoms. The van der Waals surface area contributed by atoms with E-state index < -0.39 is 6.10 Å². The lowest BCUT2D eigenvalue weighted by Crippen LogP contribution is -2.24. The summed E-state index contributed by atoms with van der Waals surface area (Å²) in [4.78, 5) is 5.27. The van der Waals surface area contributed by atoms with Crippen molar-refractivity contribution in [2.75, 3.05) is 6.61 Å². The van der Waals surface area contributed by atoms with Crippen LogP contribution < -0.4 is 0 Å². The molecule has 0 aliphatic heterocycles. The van der Waals surface area contributed by atoms with Crippen LogP contribution in [0.3, 0.4) is 0 Å². The minimum absolute atomic E-state index is 0.0968. The maximum atomic E-state index is 9.81. The highest BCUT2D eigenvalue weighted by molar-refractivity contribution is 5.78. The van der Waals surface area contributed by atoms with Crippen LogP contribution in [0.4, 0.5) is 0 Å². The molecule has 0 saturated carbocycles. The van der Waals surface area contributed by atoms with Gasteiger partial charge in [0.2, 0.25) is 0 Å². The molecule has 7 nitrogen and oxygen atoms in total. The van der Waals surface area contributed by atoms with Crippen molar-refractivity contribution in [3.8, 4) is 0 Å². The fourth-order valence-corrected chi connectivity index (χ4v) is 1.40. The molecule has 0 saturated heterocycles. The molecule has 0 unspecified atom stereocenters. The lowest BCUT2D eigenvalue weighted by molar-refractivity contribution is -0.00223. The van der Waals surface area contributed by atoms with E-state index in [4.69, 9.17) is 9.57 Å². The summed E-state index contributed by atoms with van der Waals surface area (Å²) in [6, 6.07) is 0. The molecule has 0 aliphatic rings. The summed E-state index contributed by atoms with van der Waals surface area (Å²) in [5, 5.41) is 21.7. The summed E-state index contributed by atoms with van der Waals surface area (Å²) in [6.45, 7) is 10.0. The summed E-state index contributed by atoms with van der Waals surface area (Å²) in [5.74, 6) is 0. The highest BCUT2D eigenvalue weighted by Crippen LogP contribution is 2.13. The Morgan fingerprint density at radius 2 is 2.10 bits per heavy atom. The van der Waals surface area contributed by atoms with Crippen LogP contribution in [0.1, 0.15) is 46.4 Å². The molecule has 20 heavy (non-hydrogen) atoms. The molecule has 0 bridgehead atoms. The third kappa shape index (κ3) is 6.12. The first-order valence-corrected chi connectivity index (χ1v) is 6.75. The summed E-state index contributed by atoms with van der Waals surface area (Å²) in [5.41, 5.74) is 1.51. The highest BCUT2D eigenvalue weighted by atomic mass is 16.6. The molecular weight excluding hydrogens is 260 g/mol. The number of ether oxygens (including phenoxy) is 1. The maximum absolute atomic E-state index is 9.81. The van der Waals surface area contributed by atoms with E-state index in [1.54, 1.807) is 10.9 Å². The first kappa shape index (κ1) is 16.6. The summed E-state index contributed by atoms with van der Waals surface area (Å²) < 4.78 is 6.92. The molecule has 0 aliphatic carbocycles. The molecule has 0 fully saturated rings. The SMILES string of the molecule is CC(C)=NO[C@@H](C)c1cn(C[C@@H](O)COC(C)C)nn1. The fourth-order valence-electron chi connectivity index (χ4n) is 1.40. The molecule has 0 radical (unpaired) electrons. The third-order valence-corrected chi connectivity index (χ3v) is 2.39. The van der Waals surface area contributed by atoms with Gasteiger partial charge in [0.15, 0.2) is 6.10 Å². The second-order valence-corrected chi connectivity index (χ2v) is 5.19. The van der Waals surface area contributed by atoms with Crippen LogP contribution in [0.5, 0.6) is 0 Å². The first-order valence-electron chi connectivity index (χ1n) is 6.75. The molecule has 1 N–H and O–H groups in total. The molecule has 2 atom stereocenters. The Bertz CT molecular complexity index is 427. The Hall–Kier alpha value is -1.47. The molecule has 0 aromatic carbocycles. The van der Waals surface area contributed by atoms with Crippen LogP contribution in [0, 0.1) is 0 Å². The first-order chi connectivity index (χ1) is 9.38. The van der Waals surface area contributed by atoms with Crippen LogP contribution in [-0.4, -0.2) is 44.6 Å². The van der Waals surface area contributed by atoms with Gasteiger partial charge in [0.05, 0.1) is 37.3 Å². The molecule has 0 amide bonds. The predicted octanol–water partition coefficient (Wildman–Crippen LogP) is 1.54. The van der Waals surface area contributed by atoms with Gasteiger partial charge in [-0.15, -0.1) is 5.10 Å². The highest BCUT2D eigenvalue weighted by Gasteiger charge is 2.13. The van der Waals surface area contributed by atoms with Crippen molar-refractivity contribution in [2.45, 2.75) is 59.5 Å². The molecule has 114 valence electrons. The molecule has 1 heterocycles. The van der Waals surface area contributed by atoms with Gasteiger partial charge in [-0.2, -0.15) is 0 Å². The Morgan fingerprint density at radius 3 is 2.70 bits per heavy atom. The number of aromatic nitrogens is 3. The Labute approximate surface area is 119 Å². The average Bonchev–Trinajstić information content (AvgIpc) is 2.82. The standard InChI is InChI=1S/C13H24N4O3/c1-9(2)15-20-11(5)13-7-17(16-14-13)6-12(18)8-19-10(3)4/h7,10-12,18H,6,8H2,1-5H3/t11-,12+/m0/s1. The lowest BCUT2D eigenvalue weighted by Gasteiger charge is -2.12. The number of rotatable bonds is 8. The van der Waals surface area contributed by atoms with Crippen LogP contribution >= 0.6 is 0 Å². The lowest BCUT2D eigenvalue weighted by atomic mass is 10.3. The van der Waals surface area contributed by atoms with Crippen molar-refractivity contribution in [1.29, 1.82) is 0 Å². The van der Waals surface area contributed by atoms with Crippen molar-refractivity contribution < 1.29 is 14.7 Å². The molecule has 1 aromatic heterocycles. The number of oxime groups is 1. The van der Waals surface area contributed by atoms with E-state index in [-0.39, 0.29) is 18.8 Å². The van der Waals surface area contributed by atoms with E-state index in [0.717, 1.165) is 5.71 Å². The minimum atomic E-state index is -0.612. The Kier molecular flexibility index (Phi) is 6.60. The summed E-state index contributed by atoms with van der Waals surface area (Å²) in [6.07, 6.45) is 0.949. The van der Waals surface area contributed by atoms with Gasteiger partial charge in [0.25, 0.3) is 0 Å². The van der Waals surface area contributed by atoms with E-state index >= 15 is 0 Å². The number of hydrogen-bond donors (Lipinski definition) is 1. The van der Waals surface area contributed by atoms with Gasteiger partial charge in [-0.1, -0.05) is 10.4 Å². The zero-order valence-electron chi connectivity index (χ0n) is 12.8. The average molecular weight is 284 g/mol. The second-order valence-electron chi connectivity index (χ2n) is 5.19. The van der Waals surface area contributed by atoms with E-state index in [2.05, 4.69) is 15.5 Å². The van der Waals surface area contributed by atoms with E-state index in [0.29, 0.717) is 12.2 Å². The van der Waals surface area contributed by atoms with E-state index in [1.165, 1.54) is 0 Å². The number of aliphatic hydroxyl groups is 1. The van der Waals surface area contributed by atoms with Crippen molar-refractivity contribution >= 4 is 5.71 Å². The second kappa shape index (κ2) is 7.96. The molecule has 1 aromatic rings. The van der Waals surface area contributed by atoms with Crippen molar-refractivity contribution in [2.24, 2.45) is 5.16 Å². The van der Waals surface area contributed by atoms with Crippen LogP contribution in [-0.2, 0) is 16.1 Å². The van der Waals surface area contributed by atoms with Crippen LogP contribution in [0.15, 0.2) is 11.4 Å². The number of aliphatic hydroxyl groups excluding tert-OH is 1. The van der Waals surface area contributed by atoms with Gasteiger partial charge >= 0.3 is 0 Å². The van der Waals surface area contributed by atoms with Crippen LogP contribution in [0.25, 0.3) is 0 Å². The van der Waals surface area contributed by atoms with Gasteiger partial charge in [-0.25, -0.2) is 4.68 Å². The zero-order valence-corrected chi connectivity index (χ0v) is 12.8. The van der Waals surface area contributed by atoms with E-state index in [1.807, 2.05) is 34.6 Å². The smallest absolute Gasteiger partial charge is 0.169 e. The van der Waals surface area contributed by atoms with E-state index in [9.17, 15) is 5.11 Å². The minimum Gasteiger partial charge on any atom is -0.389 e. The van der Waals surface area contributed by atoms with Gasteiger partial charge < -0.3 is 14.7 Å². The summed E-state index contributed by atoms with van der Waals surface area (Å²) in [7, 11) is 0. The van der Waals surface area contributed by atoms with Gasteiger partial charge in [0.1, 0.15) is 5.69 Å². The Balaban J connectivity index is 2.48. The largest absolute Gasteiger partial charge is 0.389 e. The van der Waals surface area contributed by atoms with Gasteiger partial charge in [0, 0.05) is 0 Å². The fraction of sp³-hybridized carbons (Fsp3) is 0.769. The predicted molar refractivity (Wildman–Crippen MR) is 75.4 cm³/mol. The van der Waals surface area contributed by atoms with Crippen molar-refractivity contribution in [3.63, 3.8) is 0 Å². The summed E-state index contributed by atoms with van der Waals surface area (Å²) >= 11 is 0. The topological polar surface area (TPSA) is 81.8 Å². The van der Waals surface area contributed by atoms with Crippen molar-refractivity contribution in [3.05, 3.63) is 11.9 Å². The quantitative estimate of drug-likeness (QED) is 0.578. The molecule has 0 spiro atoms. The number of hydrogen-bond acceptors (Lipinski definition) is 6. The third-order valence-electron chi connectivity index (χ3n) is 2.39. The normalized spacial score (nSPS) is 14.2. The van der Waals surface area contributed by atoms with Crippen LogP contribution in [0.2, 0.25) is 0 Å².